The predicted octanol–water partition coefficient (Wildman–Crippen LogP) is 2.64. The van der Waals surface area contributed by atoms with Crippen LogP contribution in [0.4, 0.5) is 0 Å². The molecule has 0 saturated heterocycles. The predicted molar refractivity (Wildman–Crippen MR) is 104 cm³/mol. The molecule has 0 N–H and O–H groups in total. The maximum absolute atomic E-state index is 13.2. The van der Waals surface area contributed by atoms with Crippen molar-refractivity contribution in [1.29, 1.82) is 0 Å². The average molecular weight is 409 g/mol. The lowest BCUT2D eigenvalue weighted by molar-refractivity contribution is 0.337. The Morgan fingerprint density at radius 2 is 1.48 bits per heavy atom. The Hall–Kier alpha value is -1.74. The second-order valence-corrected chi connectivity index (χ2v) is 11.0. The normalized spacial score (nSPS) is 17.9. The van der Waals surface area contributed by atoms with Crippen molar-refractivity contribution < 1.29 is 16.8 Å². The molecule has 146 valence electrons. The van der Waals surface area contributed by atoms with Gasteiger partial charge in [-0.05, 0) is 48.6 Å². The Morgan fingerprint density at radius 1 is 0.852 bits per heavy atom. The number of hydrogen-bond acceptors (Lipinski definition) is 4. The first-order chi connectivity index (χ1) is 12.7. The molecule has 0 aromatic heterocycles. The summed E-state index contributed by atoms with van der Waals surface area (Å²) >= 11 is 0. The van der Waals surface area contributed by atoms with Gasteiger partial charge in [0.1, 0.15) is 0 Å². The molecule has 0 aliphatic heterocycles. The van der Waals surface area contributed by atoms with Crippen molar-refractivity contribution in [3.63, 3.8) is 0 Å². The van der Waals surface area contributed by atoms with Crippen molar-refractivity contribution in [2.24, 2.45) is 0 Å². The van der Waals surface area contributed by atoms with Gasteiger partial charge in [0.05, 0.1) is 9.79 Å². The highest BCUT2D eigenvalue weighted by atomic mass is 32.2. The highest BCUT2D eigenvalue weighted by Crippen LogP contribution is 2.36. The van der Waals surface area contributed by atoms with Crippen LogP contribution in [0.5, 0.6) is 0 Å². The Kier molecular flexibility index (Phi) is 5.45. The van der Waals surface area contributed by atoms with E-state index in [1.165, 1.54) is 48.2 Å². The van der Waals surface area contributed by atoms with Gasteiger partial charge in [-0.15, -0.1) is 0 Å². The molecular weight excluding hydrogens is 384 g/mol. The van der Waals surface area contributed by atoms with Gasteiger partial charge in [-0.1, -0.05) is 30.3 Å². The molecule has 2 aromatic rings. The van der Waals surface area contributed by atoms with Crippen molar-refractivity contribution in [2.45, 2.75) is 35.1 Å². The molecule has 0 radical (unpaired) electrons. The van der Waals surface area contributed by atoms with Gasteiger partial charge in [0.15, 0.2) is 0 Å². The van der Waals surface area contributed by atoms with E-state index in [9.17, 15) is 16.8 Å². The molecule has 1 aliphatic rings. The maximum atomic E-state index is 13.2. The smallest absolute Gasteiger partial charge is 0.207 e. The van der Waals surface area contributed by atoms with Gasteiger partial charge in [0, 0.05) is 27.2 Å². The standard InChI is InChI=1S/C19H24N2O4S2/c1-20(2)26(22,23)16-10-7-11-17(14-16)27(24,25)21(3)19-13-6-9-15-8-4-5-12-18(15)19/h4-5,7-8,10-12,14,19H,6,9,13H2,1-3H3/t19-/m0/s1. The van der Waals surface area contributed by atoms with E-state index >= 15 is 0 Å². The fourth-order valence-electron chi connectivity index (χ4n) is 3.45. The molecule has 1 atom stereocenters. The number of nitrogens with zero attached hydrogens (tertiary/aromatic N) is 2. The third kappa shape index (κ3) is 3.67. The minimum atomic E-state index is -3.84. The molecule has 6 nitrogen and oxygen atoms in total. The number of rotatable bonds is 5. The van der Waals surface area contributed by atoms with Crippen LogP contribution < -0.4 is 0 Å². The first-order valence-corrected chi connectivity index (χ1v) is 11.6. The number of hydrogen-bond donors (Lipinski definition) is 0. The van der Waals surface area contributed by atoms with Gasteiger partial charge >= 0.3 is 0 Å². The van der Waals surface area contributed by atoms with Crippen molar-refractivity contribution in [3.8, 4) is 0 Å². The third-order valence-corrected chi connectivity index (χ3v) is 8.71. The van der Waals surface area contributed by atoms with Crippen LogP contribution in [0.25, 0.3) is 0 Å². The maximum Gasteiger partial charge on any atom is 0.243 e. The monoisotopic (exact) mass is 408 g/mol. The molecule has 3 rings (SSSR count). The number of aryl methyl sites for hydroxylation is 1. The van der Waals surface area contributed by atoms with E-state index in [1.807, 2.05) is 24.3 Å². The van der Waals surface area contributed by atoms with E-state index in [-0.39, 0.29) is 15.8 Å². The molecule has 27 heavy (non-hydrogen) atoms. The molecule has 0 fully saturated rings. The second-order valence-electron chi connectivity index (χ2n) is 6.89. The summed E-state index contributed by atoms with van der Waals surface area (Å²) in [6, 6.07) is 13.2. The van der Waals surface area contributed by atoms with E-state index in [0.717, 1.165) is 29.1 Å². The molecule has 0 saturated carbocycles. The lowest BCUT2D eigenvalue weighted by Crippen LogP contribution is -2.33. The first-order valence-electron chi connectivity index (χ1n) is 8.74. The topological polar surface area (TPSA) is 74.8 Å². The fourth-order valence-corrected chi connectivity index (χ4v) is 5.88. The minimum absolute atomic E-state index is 0.0176. The van der Waals surface area contributed by atoms with E-state index in [2.05, 4.69) is 0 Å². The second kappa shape index (κ2) is 7.35. The fraction of sp³-hybridized carbons (Fsp3) is 0.368. The summed E-state index contributed by atoms with van der Waals surface area (Å²) in [7, 11) is -3.15. The molecular formula is C19H24N2O4S2. The Morgan fingerprint density at radius 3 is 2.15 bits per heavy atom. The van der Waals surface area contributed by atoms with Crippen molar-refractivity contribution in [2.75, 3.05) is 21.1 Å². The van der Waals surface area contributed by atoms with Gasteiger partial charge < -0.3 is 0 Å². The van der Waals surface area contributed by atoms with Crippen LogP contribution in [0.15, 0.2) is 58.3 Å². The van der Waals surface area contributed by atoms with Crippen LogP contribution in [-0.2, 0) is 26.5 Å². The van der Waals surface area contributed by atoms with Crippen LogP contribution in [0, 0.1) is 0 Å². The zero-order valence-electron chi connectivity index (χ0n) is 15.7. The van der Waals surface area contributed by atoms with Gasteiger partial charge in [-0.2, -0.15) is 4.31 Å². The molecule has 0 bridgehead atoms. The van der Waals surface area contributed by atoms with Crippen LogP contribution in [0.1, 0.15) is 30.0 Å². The molecule has 0 heterocycles. The van der Waals surface area contributed by atoms with Crippen LogP contribution in [0.2, 0.25) is 0 Å². The number of benzene rings is 2. The lowest BCUT2D eigenvalue weighted by Gasteiger charge is -2.32. The number of fused-ring (bicyclic) bond motifs is 1. The molecule has 0 spiro atoms. The molecule has 1 aliphatic carbocycles. The van der Waals surface area contributed by atoms with Crippen LogP contribution in [0.3, 0.4) is 0 Å². The highest BCUT2D eigenvalue weighted by Gasteiger charge is 2.32. The lowest BCUT2D eigenvalue weighted by atomic mass is 9.88. The van der Waals surface area contributed by atoms with Gasteiger partial charge in [-0.3, -0.25) is 0 Å². The number of sulfonamides is 2. The van der Waals surface area contributed by atoms with Crippen molar-refractivity contribution >= 4 is 20.0 Å². The summed E-state index contributed by atoms with van der Waals surface area (Å²) in [5, 5.41) is 0. The van der Waals surface area contributed by atoms with Crippen molar-refractivity contribution in [1.82, 2.24) is 8.61 Å². The summed E-state index contributed by atoms with van der Waals surface area (Å²) in [4.78, 5) is -0.0537. The van der Waals surface area contributed by atoms with Gasteiger partial charge in [0.2, 0.25) is 20.0 Å². The van der Waals surface area contributed by atoms with E-state index < -0.39 is 20.0 Å². The molecule has 8 heteroatoms. The quantitative estimate of drug-likeness (QED) is 0.762. The zero-order valence-corrected chi connectivity index (χ0v) is 17.3. The van der Waals surface area contributed by atoms with E-state index in [4.69, 9.17) is 0 Å². The summed E-state index contributed by atoms with van der Waals surface area (Å²) in [5.74, 6) is 0. The summed E-state index contributed by atoms with van der Waals surface area (Å²) in [6.07, 6.45) is 2.59. The van der Waals surface area contributed by atoms with Gasteiger partial charge in [0.25, 0.3) is 0 Å². The third-order valence-electron chi connectivity index (χ3n) is 5.04. The summed E-state index contributed by atoms with van der Waals surface area (Å²) in [6.45, 7) is 0. The Bertz CT molecular complexity index is 1050. The van der Waals surface area contributed by atoms with E-state index in [1.54, 1.807) is 7.05 Å². The Labute approximate surface area is 161 Å². The van der Waals surface area contributed by atoms with Crippen molar-refractivity contribution in [3.05, 3.63) is 59.7 Å². The summed E-state index contributed by atoms with van der Waals surface area (Å²) < 4.78 is 53.6. The van der Waals surface area contributed by atoms with Gasteiger partial charge in [-0.25, -0.2) is 21.1 Å². The molecule has 0 amide bonds. The SMILES string of the molecule is CN(C)S(=O)(=O)c1cccc(S(=O)(=O)N(C)[C@H]2CCCc3ccccc32)c1. The Balaban J connectivity index is 2.01. The highest BCUT2D eigenvalue weighted by molar-refractivity contribution is 7.90. The van der Waals surface area contributed by atoms with Crippen LogP contribution >= 0.6 is 0 Å². The van der Waals surface area contributed by atoms with E-state index in [0.29, 0.717) is 0 Å². The molecule has 0 unspecified atom stereocenters. The average Bonchev–Trinajstić information content (AvgIpc) is 2.67. The zero-order chi connectivity index (χ0) is 19.8. The summed E-state index contributed by atoms with van der Waals surface area (Å²) in [5.41, 5.74) is 2.19. The first kappa shape index (κ1) is 20.0. The van der Waals surface area contributed by atoms with Crippen LogP contribution in [-0.4, -0.2) is 46.6 Å². The molecule has 2 aromatic carbocycles. The minimum Gasteiger partial charge on any atom is -0.207 e. The largest absolute Gasteiger partial charge is 0.243 e.